The van der Waals surface area contributed by atoms with E-state index in [9.17, 15) is 0 Å². The minimum Gasteiger partial charge on any atom is -0.323 e. The van der Waals surface area contributed by atoms with Gasteiger partial charge in [-0.15, -0.1) is 11.3 Å². The topological polar surface area (TPSA) is 26.0 Å². The Bertz CT molecular complexity index is 234. The second kappa shape index (κ2) is 5.00. The molecule has 0 aliphatic carbocycles. The Kier molecular flexibility index (Phi) is 4.26. The van der Waals surface area contributed by atoms with Crippen LogP contribution in [0.4, 0.5) is 0 Å². The molecule has 0 aliphatic rings. The van der Waals surface area contributed by atoms with Crippen LogP contribution in [0.15, 0.2) is 15.9 Å². The smallest absolute Gasteiger partial charge is 0.0390 e. The maximum Gasteiger partial charge on any atom is 0.0390 e. The maximum absolute atomic E-state index is 5.98. The van der Waals surface area contributed by atoms with Crippen molar-refractivity contribution < 1.29 is 0 Å². The van der Waals surface area contributed by atoms with Gasteiger partial charge in [-0.3, -0.25) is 0 Å². The van der Waals surface area contributed by atoms with Gasteiger partial charge in [0, 0.05) is 20.8 Å². The molecule has 1 nitrogen and oxygen atoms in total. The fourth-order valence-corrected chi connectivity index (χ4v) is 2.57. The molecule has 12 heavy (non-hydrogen) atoms. The van der Waals surface area contributed by atoms with Crippen LogP contribution in [0, 0.1) is 0 Å². The minimum absolute atomic E-state index is 0.237. The van der Waals surface area contributed by atoms with E-state index in [4.69, 9.17) is 5.73 Å². The third-order valence-electron chi connectivity index (χ3n) is 1.82. The Balaban J connectivity index is 2.47. The molecule has 1 aromatic rings. The first kappa shape index (κ1) is 10.2. The summed E-state index contributed by atoms with van der Waals surface area (Å²) in [4.78, 5) is 1.29. The van der Waals surface area contributed by atoms with Gasteiger partial charge in [-0.2, -0.15) is 0 Å². The Morgan fingerprint density at radius 3 is 2.92 bits per heavy atom. The summed E-state index contributed by atoms with van der Waals surface area (Å²) >= 11 is 5.16. The number of unbranched alkanes of at least 4 members (excludes halogenated alkanes) is 1. The van der Waals surface area contributed by atoms with Crippen LogP contribution in [0.1, 0.15) is 37.1 Å². The molecule has 1 aromatic heterocycles. The van der Waals surface area contributed by atoms with Crippen molar-refractivity contribution in [1.82, 2.24) is 0 Å². The van der Waals surface area contributed by atoms with Crippen molar-refractivity contribution in [2.24, 2.45) is 5.73 Å². The zero-order chi connectivity index (χ0) is 8.97. The van der Waals surface area contributed by atoms with Crippen molar-refractivity contribution >= 4 is 27.3 Å². The van der Waals surface area contributed by atoms with Crippen molar-refractivity contribution in [2.45, 2.75) is 32.2 Å². The monoisotopic (exact) mass is 247 g/mol. The lowest BCUT2D eigenvalue weighted by atomic mass is 10.1. The lowest BCUT2D eigenvalue weighted by molar-refractivity contribution is 0.611. The molecular formula is C9H14BrNS. The highest BCUT2D eigenvalue weighted by molar-refractivity contribution is 9.10. The zero-order valence-corrected chi connectivity index (χ0v) is 9.62. The fourth-order valence-electron chi connectivity index (χ4n) is 1.09. The second-order valence-corrected chi connectivity index (χ2v) is 4.77. The lowest BCUT2D eigenvalue weighted by Gasteiger charge is -2.07. The SMILES string of the molecule is CCCC[C@H](N)c1cc(Br)cs1. The summed E-state index contributed by atoms with van der Waals surface area (Å²) in [5.41, 5.74) is 5.98. The molecule has 1 heterocycles. The third-order valence-corrected chi connectivity index (χ3v) is 3.65. The molecule has 1 rings (SSSR count). The third kappa shape index (κ3) is 2.88. The second-order valence-electron chi connectivity index (χ2n) is 2.92. The molecule has 0 saturated carbocycles. The molecule has 0 aliphatic heterocycles. The predicted octanol–water partition coefficient (Wildman–Crippen LogP) is 3.70. The van der Waals surface area contributed by atoms with Gasteiger partial charge in [0.1, 0.15) is 0 Å². The van der Waals surface area contributed by atoms with Crippen LogP contribution in [-0.4, -0.2) is 0 Å². The standard InChI is InChI=1S/C9H14BrNS/c1-2-3-4-8(11)9-5-7(10)6-12-9/h5-6,8H,2-4,11H2,1H3/t8-/m0/s1. The Hall–Kier alpha value is 0.140. The number of rotatable bonds is 4. The summed E-state index contributed by atoms with van der Waals surface area (Å²) < 4.78 is 1.15. The normalized spacial score (nSPS) is 13.2. The zero-order valence-electron chi connectivity index (χ0n) is 7.22. The maximum atomic E-state index is 5.98. The molecule has 0 bridgehead atoms. The Morgan fingerprint density at radius 1 is 1.67 bits per heavy atom. The molecule has 0 fully saturated rings. The highest BCUT2D eigenvalue weighted by Crippen LogP contribution is 2.26. The van der Waals surface area contributed by atoms with Gasteiger partial charge in [0.05, 0.1) is 0 Å². The van der Waals surface area contributed by atoms with E-state index in [-0.39, 0.29) is 6.04 Å². The molecule has 3 heteroatoms. The molecule has 2 N–H and O–H groups in total. The van der Waals surface area contributed by atoms with Gasteiger partial charge in [-0.05, 0) is 28.4 Å². The van der Waals surface area contributed by atoms with E-state index in [1.807, 2.05) is 0 Å². The van der Waals surface area contributed by atoms with E-state index < -0.39 is 0 Å². The first-order valence-electron chi connectivity index (χ1n) is 4.23. The minimum atomic E-state index is 0.237. The molecule has 0 aromatic carbocycles. The molecule has 0 saturated heterocycles. The molecular weight excluding hydrogens is 234 g/mol. The largest absolute Gasteiger partial charge is 0.323 e. The van der Waals surface area contributed by atoms with E-state index in [1.54, 1.807) is 11.3 Å². The number of halogens is 1. The average Bonchev–Trinajstić information content (AvgIpc) is 2.47. The van der Waals surface area contributed by atoms with Gasteiger partial charge in [-0.25, -0.2) is 0 Å². The van der Waals surface area contributed by atoms with Gasteiger partial charge < -0.3 is 5.73 Å². The summed E-state index contributed by atoms with van der Waals surface area (Å²) in [6, 6.07) is 2.35. The first-order chi connectivity index (χ1) is 5.74. The molecule has 0 spiro atoms. The number of hydrogen-bond acceptors (Lipinski definition) is 2. The van der Waals surface area contributed by atoms with E-state index in [1.165, 1.54) is 17.7 Å². The van der Waals surface area contributed by atoms with E-state index in [0.717, 1.165) is 10.9 Å². The molecule has 68 valence electrons. The summed E-state index contributed by atoms with van der Waals surface area (Å²) in [7, 11) is 0. The van der Waals surface area contributed by atoms with Crippen molar-refractivity contribution in [3.63, 3.8) is 0 Å². The van der Waals surface area contributed by atoms with Crippen LogP contribution in [0.2, 0.25) is 0 Å². The quantitative estimate of drug-likeness (QED) is 0.863. The molecule has 1 atom stereocenters. The van der Waals surface area contributed by atoms with E-state index in [0.29, 0.717) is 0 Å². The number of thiophene rings is 1. The van der Waals surface area contributed by atoms with Crippen molar-refractivity contribution in [2.75, 3.05) is 0 Å². The summed E-state index contributed by atoms with van der Waals surface area (Å²) in [5, 5.41) is 2.08. The van der Waals surface area contributed by atoms with Gasteiger partial charge >= 0.3 is 0 Å². The average molecular weight is 248 g/mol. The summed E-state index contributed by atoms with van der Waals surface area (Å²) in [6.07, 6.45) is 3.54. The van der Waals surface area contributed by atoms with Crippen LogP contribution in [0.5, 0.6) is 0 Å². The predicted molar refractivity (Wildman–Crippen MR) is 58.5 cm³/mol. The van der Waals surface area contributed by atoms with Crippen LogP contribution in [-0.2, 0) is 0 Å². The van der Waals surface area contributed by atoms with Crippen LogP contribution in [0.25, 0.3) is 0 Å². The first-order valence-corrected chi connectivity index (χ1v) is 5.90. The van der Waals surface area contributed by atoms with Gasteiger partial charge in [-0.1, -0.05) is 19.8 Å². The van der Waals surface area contributed by atoms with Crippen LogP contribution >= 0.6 is 27.3 Å². The van der Waals surface area contributed by atoms with Gasteiger partial charge in [0.25, 0.3) is 0 Å². The van der Waals surface area contributed by atoms with Crippen molar-refractivity contribution in [3.05, 3.63) is 20.8 Å². The lowest BCUT2D eigenvalue weighted by Crippen LogP contribution is -2.07. The van der Waals surface area contributed by atoms with Crippen LogP contribution < -0.4 is 5.73 Å². The van der Waals surface area contributed by atoms with Gasteiger partial charge in [0.2, 0.25) is 0 Å². The van der Waals surface area contributed by atoms with Gasteiger partial charge in [0.15, 0.2) is 0 Å². The molecule has 0 amide bonds. The fraction of sp³-hybridized carbons (Fsp3) is 0.556. The summed E-state index contributed by atoms with van der Waals surface area (Å²) in [6.45, 7) is 2.19. The highest BCUT2D eigenvalue weighted by Gasteiger charge is 2.06. The molecule has 0 radical (unpaired) electrons. The number of nitrogens with two attached hydrogens (primary N) is 1. The van der Waals surface area contributed by atoms with E-state index >= 15 is 0 Å². The van der Waals surface area contributed by atoms with Crippen LogP contribution in [0.3, 0.4) is 0 Å². The van der Waals surface area contributed by atoms with Crippen molar-refractivity contribution in [1.29, 1.82) is 0 Å². The summed E-state index contributed by atoms with van der Waals surface area (Å²) in [5.74, 6) is 0. The van der Waals surface area contributed by atoms with E-state index in [2.05, 4.69) is 34.3 Å². The molecule has 0 unspecified atom stereocenters. The highest BCUT2D eigenvalue weighted by atomic mass is 79.9. The number of hydrogen-bond donors (Lipinski definition) is 1. The Labute approximate surface area is 86.1 Å². The van der Waals surface area contributed by atoms with Crippen molar-refractivity contribution in [3.8, 4) is 0 Å². The Morgan fingerprint density at radius 2 is 2.42 bits per heavy atom.